The molecule has 0 aliphatic carbocycles. The molecule has 0 unspecified atom stereocenters. The van der Waals surface area contributed by atoms with Crippen LogP contribution in [0.5, 0.6) is 0 Å². The molecule has 1 heterocycles. The Hall–Kier alpha value is -1.62. The largest absolute Gasteiger partial charge is 0.395 e. The number of hydrogen-bond donors (Lipinski definition) is 0. The molecule has 1 aromatic carbocycles. The van der Waals surface area contributed by atoms with E-state index in [0.717, 1.165) is 24.0 Å². The molecule has 0 aliphatic heterocycles. The fourth-order valence-electron chi connectivity index (χ4n) is 1.47. The van der Waals surface area contributed by atoms with E-state index in [2.05, 4.69) is 15.2 Å². The third-order valence-corrected chi connectivity index (χ3v) is 2.28. The monoisotopic (exact) mass is 220 g/mol. The highest BCUT2D eigenvalue weighted by molar-refractivity contribution is 5.73. The highest BCUT2D eigenvalue weighted by atomic mass is 16.7. The van der Waals surface area contributed by atoms with Crippen molar-refractivity contribution in [3.05, 3.63) is 24.3 Å². The molecule has 0 radical (unpaired) electrons. The fourth-order valence-corrected chi connectivity index (χ4v) is 1.47. The van der Waals surface area contributed by atoms with Gasteiger partial charge in [-0.15, -0.1) is 5.10 Å². The maximum Gasteiger partial charge on any atom is 0.130 e. The van der Waals surface area contributed by atoms with E-state index in [1.807, 2.05) is 38.4 Å². The summed E-state index contributed by atoms with van der Waals surface area (Å²) in [5.41, 5.74) is 1.77. The molecule has 2 aromatic rings. The van der Waals surface area contributed by atoms with Gasteiger partial charge in [0.2, 0.25) is 0 Å². The van der Waals surface area contributed by atoms with Crippen LogP contribution in [0.2, 0.25) is 0 Å². The van der Waals surface area contributed by atoms with Gasteiger partial charge in [0.05, 0.1) is 0 Å². The molecule has 86 valence electrons. The second-order valence-corrected chi connectivity index (χ2v) is 3.94. The third kappa shape index (κ3) is 2.49. The van der Waals surface area contributed by atoms with Crippen LogP contribution in [0, 0.1) is 0 Å². The number of aromatic nitrogens is 3. The molecule has 0 fully saturated rings. The minimum atomic E-state index is 0.644. The predicted octanol–water partition coefficient (Wildman–Crippen LogP) is 0.812. The number of fused-ring (bicyclic) bond motifs is 1. The Morgan fingerprint density at radius 1 is 1.31 bits per heavy atom. The molecule has 16 heavy (non-hydrogen) atoms. The second-order valence-electron chi connectivity index (χ2n) is 3.94. The summed E-state index contributed by atoms with van der Waals surface area (Å²) in [5.74, 6) is 0. The van der Waals surface area contributed by atoms with Crippen LogP contribution >= 0.6 is 0 Å². The Labute approximate surface area is 94.6 Å². The zero-order valence-corrected chi connectivity index (χ0v) is 9.63. The number of nitrogens with zero attached hydrogens (tertiary/aromatic N) is 4. The first-order chi connectivity index (χ1) is 7.77. The summed E-state index contributed by atoms with van der Waals surface area (Å²) in [5, 5.41) is 7.95. The van der Waals surface area contributed by atoms with Crippen LogP contribution in [0.3, 0.4) is 0 Å². The summed E-state index contributed by atoms with van der Waals surface area (Å²) < 4.78 is 0. The van der Waals surface area contributed by atoms with Crippen molar-refractivity contribution >= 4 is 11.0 Å². The summed E-state index contributed by atoms with van der Waals surface area (Å²) in [6.45, 7) is 1.65. The third-order valence-electron chi connectivity index (χ3n) is 2.28. The molecule has 0 amide bonds. The summed E-state index contributed by atoms with van der Waals surface area (Å²) >= 11 is 0. The molecule has 0 N–H and O–H groups in total. The first kappa shape index (κ1) is 10.9. The van der Waals surface area contributed by atoms with Crippen LogP contribution in [0.4, 0.5) is 0 Å². The molecule has 0 saturated heterocycles. The molecule has 5 nitrogen and oxygen atoms in total. The highest BCUT2D eigenvalue weighted by Crippen LogP contribution is 2.07. The molecular formula is C11H16N4O. The van der Waals surface area contributed by atoms with Crippen LogP contribution in [-0.2, 0) is 0 Å². The minimum absolute atomic E-state index is 0.644. The molecule has 5 heteroatoms. The predicted molar refractivity (Wildman–Crippen MR) is 62.1 cm³/mol. The normalized spacial score (nSPS) is 11.2. The highest BCUT2D eigenvalue weighted by Gasteiger charge is 2.03. The Balaban J connectivity index is 1.94. The van der Waals surface area contributed by atoms with Crippen LogP contribution in [-0.4, -0.2) is 47.3 Å². The summed E-state index contributed by atoms with van der Waals surface area (Å²) in [4.78, 5) is 9.14. The topological polar surface area (TPSA) is 43.2 Å². The Morgan fingerprint density at radius 2 is 2.12 bits per heavy atom. The lowest BCUT2D eigenvalue weighted by Crippen LogP contribution is -2.20. The minimum Gasteiger partial charge on any atom is -0.395 e. The van der Waals surface area contributed by atoms with Gasteiger partial charge in [-0.3, -0.25) is 0 Å². The maximum absolute atomic E-state index is 5.53. The van der Waals surface area contributed by atoms with E-state index < -0.39 is 0 Å². The molecule has 0 aliphatic rings. The first-order valence-electron chi connectivity index (χ1n) is 5.36. The number of hydrogen-bond acceptors (Lipinski definition) is 4. The van der Waals surface area contributed by atoms with E-state index in [1.165, 1.54) is 4.85 Å². The van der Waals surface area contributed by atoms with Crippen molar-refractivity contribution in [3.63, 3.8) is 0 Å². The Bertz CT molecular complexity index is 452. The molecule has 0 spiro atoms. The van der Waals surface area contributed by atoms with E-state index in [4.69, 9.17) is 4.84 Å². The Morgan fingerprint density at radius 3 is 2.94 bits per heavy atom. The van der Waals surface area contributed by atoms with Crippen molar-refractivity contribution in [1.82, 2.24) is 20.1 Å². The lowest BCUT2D eigenvalue weighted by molar-refractivity contribution is 0.0819. The summed E-state index contributed by atoms with van der Waals surface area (Å²) in [7, 11) is 4.09. The SMILES string of the molecule is CN(C)CCCOn1nnc2ccccc21. The average Bonchev–Trinajstić information content (AvgIpc) is 2.68. The van der Waals surface area contributed by atoms with Crippen molar-refractivity contribution in [2.45, 2.75) is 6.42 Å². The fraction of sp³-hybridized carbons (Fsp3) is 0.455. The van der Waals surface area contributed by atoms with Crippen LogP contribution in [0.25, 0.3) is 11.0 Å². The van der Waals surface area contributed by atoms with Gasteiger partial charge in [0.25, 0.3) is 0 Å². The van der Waals surface area contributed by atoms with Gasteiger partial charge in [0.1, 0.15) is 17.6 Å². The number of rotatable bonds is 5. The van der Waals surface area contributed by atoms with E-state index in [-0.39, 0.29) is 0 Å². The number of benzene rings is 1. The van der Waals surface area contributed by atoms with E-state index >= 15 is 0 Å². The lowest BCUT2D eigenvalue weighted by Gasteiger charge is -2.09. The van der Waals surface area contributed by atoms with E-state index in [9.17, 15) is 0 Å². The van der Waals surface area contributed by atoms with Gasteiger partial charge < -0.3 is 9.74 Å². The standard InChI is InChI=1S/C11H16N4O/c1-14(2)8-5-9-16-15-11-7-4-3-6-10(11)12-13-15/h3-4,6-7H,5,8-9H2,1-2H3. The van der Waals surface area contributed by atoms with Crippen molar-refractivity contribution in [2.75, 3.05) is 27.2 Å². The lowest BCUT2D eigenvalue weighted by atomic mass is 10.3. The summed E-state index contributed by atoms with van der Waals surface area (Å²) in [6.07, 6.45) is 0.973. The van der Waals surface area contributed by atoms with Gasteiger partial charge in [-0.25, -0.2) is 0 Å². The van der Waals surface area contributed by atoms with Crippen molar-refractivity contribution in [3.8, 4) is 0 Å². The zero-order chi connectivity index (χ0) is 11.4. The Kier molecular flexibility index (Phi) is 3.36. The molecule has 0 saturated carbocycles. The van der Waals surface area contributed by atoms with Crippen LogP contribution < -0.4 is 4.84 Å². The molecule has 0 bridgehead atoms. The molecule has 0 atom stereocenters. The van der Waals surface area contributed by atoms with Gasteiger partial charge in [-0.05, 0) is 37.9 Å². The molecule has 2 rings (SSSR count). The van der Waals surface area contributed by atoms with Gasteiger partial charge in [0, 0.05) is 6.54 Å². The van der Waals surface area contributed by atoms with Crippen molar-refractivity contribution in [2.24, 2.45) is 0 Å². The number of para-hydroxylation sites is 1. The maximum atomic E-state index is 5.53. The first-order valence-corrected chi connectivity index (χ1v) is 5.36. The second kappa shape index (κ2) is 4.94. The van der Waals surface area contributed by atoms with Crippen molar-refractivity contribution in [1.29, 1.82) is 0 Å². The smallest absolute Gasteiger partial charge is 0.130 e. The van der Waals surface area contributed by atoms with Gasteiger partial charge in [-0.1, -0.05) is 17.0 Å². The molecule has 1 aromatic heterocycles. The quantitative estimate of drug-likeness (QED) is 0.699. The zero-order valence-electron chi connectivity index (χ0n) is 9.63. The van der Waals surface area contributed by atoms with Crippen LogP contribution in [0.1, 0.15) is 6.42 Å². The van der Waals surface area contributed by atoms with Crippen molar-refractivity contribution < 1.29 is 4.84 Å². The molecular weight excluding hydrogens is 204 g/mol. The van der Waals surface area contributed by atoms with Crippen LogP contribution in [0.15, 0.2) is 24.3 Å². The van der Waals surface area contributed by atoms with Gasteiger partial charge >= 0.3 is 0 Å². The van der Waals surface area contributed by atoms with Gasteiger partial charge in [-0.2, -0.15) is 0 Å². The van der Waals surface area contributed by atoms with E-state index in [1.54, 1.807) is 0 Å². The summed E-state index contributed by atoms with van der Waals surface area (Å²) in [6, 6.07) is 7.75. The van der Waals surface area contributed by atoms with E-state index in [0.29, 0.717) is 6.61 Å². The average molecular weight is 220 g/mol. The van der Waals surface area contributed by atoms with Gasteiger partial charge in [0.15, 0.2) is 0 Å².